The van der Waals surface area contributed by atoms with E-state index in [0.29, 0.717) is 11.7 Å². The van der Waals surface area contributed by atoms with Gasteiger partial charge in [-0.3, -0.25) is 4.90 Å². The van der Waals surface area contributed by atoms with E-state index in [-0.39, 0.29) is 0 Å². The molecule has 0 fully saturated rings. The van der Waals surface area contributed by atoms with Gasteiger partial charge in [-0.2, -0.15) is 0 Å². The molecule has 20 heavy (non-hydrogen) atoms. The van der Waals surface area contributed by atoms with Crippen LogP contribution < -0.4 is 0 Å². The van der Waals surface area contributed by atoms with Crippen molar-refractivity contribution in [1.29, 1.82) is 0 Å². The Labute approximate surface area is 126 Å². The first-order valence-corrected chi connectivity index (χ1v) is 7.60. The molecular formula is C15H14ClN3S. The first-order chi connectivity index (χ1) is 9.72. The number of hydrogen-bond donors (Lipinski definition) is 0. The predicted molar refractivity (Wildman–Crippen MR) is 84.0 cm³/mol. The lowest BCUT2D eigenvalue weighted by Gasteiger charge is -2.15. The van der Waals surface area contributed by atoms with Crippen LogP contribution in [-0.4, -0.2) is 21.9 Å². The lowest BCUT2D eigenvalue weighted by molar-refractivity contribution is 0.311. The summed E-state index contributed by atoms with van der Waals surface area (Å²) in [4.78, 5) is 12.1. The fourth-order valence-corrected chi connectivity index (χ4v) is 3.21. The highest BCUT2D eigenvalue weighted by Crippen LogP contribution is 2.25. The number of nitrogens with zero attached hydrogens (tertiary/aromatic N) is 3. The van der Waals surface area contributed by atoms with E-state index in [1.165, 1.54) is 5.56 Å². The first kappa shape index (κ1) is 13.5. The molecule has 5 heteroatoms. The second kappa shape index (κ2) is 5.87. The Morgan fingerprint density at radius 2 is 1.90 bits per heavy atom. The second-order valence-corrected chi connectivity index (χ2v) is 5.98. The van der Waals surface area contributed by atoms with Crippen molar-refractivity contribution in [3.63, 3.8) is 0 Å². The van der Waals surface area contributed by atoms with Gasteiger partial charge >= 0.3 is 0 Å². The molecule has 0 aliphatic heterocycles. The standard InChI is InChI=1S/C15H14ClN3S/c1-19(9-11-5-3-2-4-6-11)10-13-17-14(16)12-7-8-20-15(12)18-13/h2-8H,9-10H2,1H3. The number of hydrogen-bond acceptors (Lipinski definition) is 4. The second-order valence-electron chi connectivity index (χ2n) is 4.73. The van der Waals surface area contributed by atoms with Gasteiger partial charge in [0, 0.05) is 11.9 Å². The maximum Gasteiger partial charge on any atom is 0.145 e. The van der Waals surface area contributed by atoms with Crippen LogP contribution in [-0.2, 0) is 13.1 Å². The van der Waals surface area contributed by atoms with Gasteiger partial charge < -0.3 is 0 Å². The summed E-state index contributed by atoms with van der Waals surface area (Å²) in [6, 6.07) is 12.3. The molecule has 0 atom stereocenters. The Morgan fingerprint density at radius 1 is 1.10 bits per heavy atom. The minimum atomic E-state index is 0.541. The maximum atomic E-state index is 6.18. The number of aromatic nitrogens is 2. The molecule has 0 saturated carbocycles. The summed E-state index contributed by atoms with van der Waals surface area (Å²) in [6.45, 7) is 1.55. The molecule has 0 spiro atoms. The summed E-state index contributed by atoms with van der Waals surface area (Å²) >= 11 is 7.78. The molecule has 2 aromatic heterocycles. The zero-order valence-corrected chi connectivity index (χ0v) is 12.7. The largest absolute Gasteiger partial charge is 0.295 e. The topological polar surface area (TPSA) is 29.0 Å². The molecule has 0 aliphatic rings. The van der Waals surface area contributed by atoms with Crippen LogP contribution in [0.3, 0.4) is 0 Å². The van der Waals surface area contributed by atoms with Crippen LogP contribution in [0.1, 0.15) is 11.4 Å². The summed E-state index contributed by atoms with van der Waals surface area (Å²) in [6.07, 6.45) is 0. The Kier molecular flexibility index (Phi) is 3.96. The Balaban J connectivity index is 1.75. The van der Waals surface area contributed by atoms with Crippen molar-refractivity contribution in [3.8, 4) is 0 Å². The Morgan fingerprint density at radius 3 is 2.70 bits per heavy atom. The van der Waals surface area contributed by atoms with Gasteiger partial charge in [0.2, 0.25) is 0 Å². The summed E-state index contributed by atoms with van der Waals surface area (Å²) in [5.74, 6) is 0.767. The average Bonchev–Trinajstić information content (AvgIpc) is 2.88. The summed E-state index contributed by atoms with van der Waals surface area (Å²) in [5.41, 5.74) is 1.28. The van der Waals surface area contributed by atoms with E-state index in [4.69, 9.17) is 11.6 Å². The van der Waals surface area contributed by atoms with Crippen LogP contribution in [0.5, 0.6) is 0 Å². The van der Waals surface area contributed by atoms with Crippen molar-refractivity contribution in [2.75, 3.05) is 7.05 Å². The third kappa shape index (κ3) is 2.98. The van der Waals surface area contributed by atoms with Gasteiger partial charge in [-0.05, 0) is 24.1 Å². The van der Waals surface area contributed by atoms with Gasteiger partial charge in [-0.25, -0.2) is 9.97 Å². The molecule has 102 valence electrons. The van der Waals surface area contributed by atoms with Crippen LogP contribution >= 0.6 is 22.9 Å². The molecule has 0 saturated heterocycles. The monoisotopic (exact) mass is 303 g/mol. The Hall–Kier alpha value is -1.49. The highest BCUT2D eigenvalue weighted by atomic mass is 35.5. The molecule has 1 aromatic carbocycles. The predicted octanol–water partition coefficient (Wildman–Crippen LogP) is 3.98. The minimum Gasteiger partial charge on any atom is -0.295 e. The van der Waals surface area contributed by atoms with E-state index in [9.17, 15) is 0 Å². The van der Waals surface area contributed by atoms with Crippen molar-refractivity contribution < 1.29 is 0 Å². The fourth-order valence-electron chi connectivity index (χ4n) is 2.12. The van der Waals surface area contributed by atoms with E-state index in [1.807, 2.05) is 29.6 Å². The van der Waals surface area contributed by atoms with Crippen molar-refractivity contribution in [1.82, 2.24) is 14.9 Å². The van der Waals surface area contributed by atoms with E-state index in [2.05, 4.69) is 34.0 Å². The normalized spacial score (nSPS) is 11.3. The zero-order chi connectivity index (χ0) is 13.9. The quantitative estimate of drug-likeness (QED) is 0.683. The van der Waals surface area contributed by atoms with Gasteiger partial charge in [0.05, 0.1) is 6.54 Å². The van der Waals surface area contributed by atoms with Crippen LogP contribution in [0.2, 0.25) is 5.15 Å². The minimum absolute atomic E-state index is 0.541. The molecule has 0 unspecified atom stereocenters. The number of halogens is 1. The van der Waals surface area contributed by atoms with Crippen LogP contribution in [0, 0.1) is 0 Å². The highest BCUT2D eigenvalue weighted by Gasteiger charge is 2.09. The molecule has 0 amide bonds. The molecule has 3 aromatic rings. The fraction of sp³-hybridized carbons (Fsp3) is 0.200. The summed E-state index contributed by atoms with van der Waals surface area (Å²) < 4.78 is 0. The molecular weight excluding hydrogens is 290 g/mol. The van der Waals surface area contributed by atoms with Crippen molar-refractivity contribution in [2.45, 2.75) is 13.1 Å². The molecule has 0 radical (unpaired) electrons. The van der Waals surface area contributed by atoms with Gasteiger partial charge in [0.1, 0.15) is 15.8 Å². The zero-order valence-electron chi connectivity index (χ0n) is 11.1. The number of benzene rings is 1. The van der Waals surface area contributed by atoms with Crippen molar-refractivity contribution in [3.05, 3.63) is 58.3 Å². The van der Waals surface area contributed by atoms with E-state index >= 15 is 0 Å². The van der Waals surface area contributed by atoms with Gasteiger partial charge in [0.25, 0.3) is 0 Å². The lowest BCUT2D eigenvalue weighted by Crippen LogP contribution is -2.18. The SMILES string of the molecule is CN(Cc1ccccc1)Cc1nc(Cl)c2ccsc2n1. The maximum absolute atomic E-state index is 6.18. The molecule has 2 heterocycles. The van der Waals surface area contributed by atoms with E-state index in [1.54, 1.807) is 11.3 Å². The first-order valence-electron chi connectivity index (χ1n) is 6.34. The van der Waals surface area contributed by atoms with Crippen LogP contribution in [0.15, 0.2) is 41.8 Å². The number of thiophene rings is 1. The van der Waals surface area contributed by atoms with Gasteiger partial charge in [-0.1, -0.05) is 41.9 Å². The summed E-state index contributed by atoms with van der Waals surface area (Å²) in [7, 11) is 2.06. The van der Waals surface area contributed by atoms with Gasteiger partial charge in [-0.15, -0.1) is 11.3 Å². The molecule has 0 aliphatic carbocycles. The van der Waals surface area contributed by atoms with Gasteiger partial charge in [0.15, 0.2) is 0 Å². The molecule has 3 rings (SSSR count). The highest BCUT2D eigenvalue weighted by molar-refractivity contribution is 7.16. The van der Waals surface area contributed by atoms with Crippen molar-refractivity contribution in [2.24, 2.45) is 0 Å². The average molecular weight is 304 g/mol. The summed E-state index contributed by atoms with van der Waals surface area (Å²) in [5, 5.41) is 3.47. The smallest absolute Gasteiger partial charge is 0.145 e. The van der Waals surface area contributed by atoms with Crippen molar-refractivity contribution >= 4 is 33.2 Å². The van der Waals surface area contributed by atoms with Crippen LogP contribution in [0.4, 0.5) is 0 Å². The Bertz CT molecular complexity index is 711. The third-order valence-electron chi connectivity index (χ3n) is 3.03. The number of rotatable bonds is 4. The van der Waals surface area contributed by atoms with E-state index < -0.39 is 0 Å². The molecule has 0 N–H and O–H groups in total. The lowest BCUT2D eigenvalue weighted by atomic mass is 10.2. The van der Waals surface area contributed by atoms with E-state index in [0.717, 1.165) is 22.6 Å². The third-order valence-corrected chi connectivity index (χ3v) is 4.13. The number of fused-ring (bicyclic) bond motifs is 1. The van der Waals surface area contributed by atoms with Crippen LogP contribution in [0.25, 0.3) is 10.2 Å². The molecule has 0 bridgehead atoms. The molecule has 3 nitrogen and oxygen atoms in total.